The SMILES string of the molecule is COC(=O)C1=C(C(=O)OC)N(c2cccc(N3CCNCC3=O)c2)COC1. The van der Waals surface area contributed by atoms with E-state index < -0.39 is 11.9 Å². The Bertz CT molecular complexity index is 791. The van der Waals surface area contributed by atoms with Crippen LogP contribution in [-0.2, 0) is 28.6 Å². The van der Waals surface area contributed by atoms with Gasteiger partial charge in [0.1, 0.15) is 12.4 Å². The van der Waals surface area contributed by atoms with Gasteiger partial charge in [0.25, 0.3) is 0 Å². The van der Waals surface area contributed by atoms with E-state index in [-0.39, 0.29) is 37.1 Å². The van der Waals surface area contributed by atoms with Crippen LogP contribution in [0.1, 0.15) is 0 Å². The highest BCUT2D eigenvalue weighted by Gasteiger charge is 2.32. The second-order valence-electron chi connectivity index (χ2n) is 5.96. The lowest BCUT2D eigenvalue weighted by Crippen LogP contribution is -2.48. The molecule has 27 heavy (non-hydrogen) atoms. The van der Waals surface area contributed by atoms with E-state index in [4.69, 9.17) is 14.2 Å². The third-order valence-corrected chi connectivity index (χ3v) is 4.38. The fraction of sp³-hybridized carbons (Fsp3) is 0.389. The quantitative estimate of drug-likeness (QED) is 0.736. The predicted molar refractivity (Wildman–Crippen MR) is 96.0 cm³/mol. The second kappa shape index (κ2) is 8.19. The van der Waals surface area contributed by atoms with E-state index >= 15 is 0 Å². The first-order chi connectivity index (χ1) is 13.1. The molecule has 1 saturated heterocycles. The van der Waals surface area contributed by atoms with Gasteiger partial charge >= 0.3 is 11.9 Å². The van der Waals surface area contributed by atoms with Gasteiger partial charge in [-0.15, -0.1) is 0 Å². The summed E-state index contributed by atoms with van der Waals surface area (Å²) in [5.74, 6) is -1.36. The standard InChI is InChI=1S/C18H21N3O6/c1-25-17(23)14-10-27-11-21(16(14)18(24)26-2)13-5-3-4-12(8-13)20-7-6-19-9-15(20)22/h3-5,8,19H,6-7,9-11H2,1-2H3. The lowest BCUT2D eigenvalue weighted by atomic mass is 10.1. The van der Waals surface area contributed by atoms with E-state index in [0.717, 1.165) is 0 Å². The minimum absolute atomic E-state index is 0.0349. The molecule has 0 spiro atoms. The highest BCUT2D eigenvalue weighted by molar-refractivity contribution is 6.03. The molecular formula is C18H21N3O6. The van der Waals surface area contributed by atoms with Crippen LogP contribution in [0.4, 0.5) is 11.4 Å². The molecule has 144 valence electrons. The van der Waals surface area contributed by atoms with Gasteiger partial charge in [0.2, 0.25) is 5.91 Å². The number of carbonyl (C=O) groups excluding carboxylic acids is 3. The van der Waals surface area contributed by atoms with E-state index in [2.05, 4.69) is 5.32 Å². The molecule has 0 atom stereocenters. The average Bonchev–Trinajstić information content (AvgIpc) is 2.72. The zero-order valence-corrected chi connectivity index (χ0v) is 15.2. The first kappa shape index (κ1) is 18.9. The summed E-state index contributed by atoms with van der Waals surface area (Å²) in [5, 5.41) is 3.02. The van der Waals surface area contributed by atoms with Crippen LogP contribution < -0.4 is 15.1 Å². The Labute approximate surface area is 156 Å². The number of hydrogen-bond donors (Lipinski definition) is 1. The fourth-order valence-corrected chi connectivity index (χ4v) is 3.06. The van der Waals surface area contributed by atoms with Crippen LogP contribution in [0.5, 0.6) is 0 Å². The number of carbonyl (C=O) groups is 3. The largest absolute Gasteiger partial charge is 0.466 e. The number of piperazine rings is 1. The summed E-state index contributed by atoms with van der Waals surface area (Å²) >= 11 is 0. The molecule has 1 amide bonds. The number of methoxy groups -OCH3 is 2. The Balaban J connectivity index is 2.01. The summed E-state index contributed by atoms with van der Waals surface area (Å²) in [7, 11) is 2.48. The third-order valence-electron chi connectivity index (χ3n) is 4.38. The van der Waals surface area contributed by atoms with Crippen molar-refractivity contribution in [2.75, 3.05) is 57.0 Å². The van der Waals surface area contributed by atoms with Gasteiger partial charge < -0.3 is 29.3 Å². The zero-order valence-electron chi connectivity index (χ0n) is 15.2. The topological polar surface area (TPSA) is 97.4 Å². The molecule has 1 N–H and O–H groups in total. The van der Waals surface area contributed by atoms with E-state index in [1.54, 1.807) is 23.1 Å². The molecule has 9 heteroatoms. The van der Waals surface area contributed by atoms with Crippen molar-refractivity contribution < 1.29 is 28.6 Å². The van der Waals surface area contributed by atoms with Crippen molar-refractivity contribution in [2.24, 2.45) is 0 Å². The lowest BCUT2D eigenvalue weighted by Gasteiger charge is -2.33. The Morgan fingerprint density at radius 2 is 1.81 bits per heavy atom. The van der Waals surface area contributed by atoms with Gasteiger partial charge in [-0.3, -0.25) is 4.79 Å². The van der Waals surface area contributed by atoms with Crippen molar-refractivity contribution in [1.29, 1.82) is 0 Å². The van der Waals surface area contributed by atoms with E-state index in [1.807, 2.05) is 6.07 Å². The number of hydrogen-bond acceptors (Lipinski definition) is 8. The smallest absolute Gasteiger partial charge is 0.355 e. The first-order valence-corrected chi connectivity index (χ1v) is 8.43. The molecule has 0 aromatic heterocycles. The molecule has 3 rings (SSSR count). The summed E-state index contributed by atoms with van der Waals surface area (Å²) in [6, 6.07) is 7.14. The van der Waals surface area contributed by atoms with Gasteiger partial charge in [0.15, 0.2) is 0 Å². The zero-order chi connectivity index (χ0) is 19.4. The number of esters is 2. The first-order valence-electron chi connectivity index (χ1n) is 8.43. The minimum atomic E-state index is -0.664. The van der Waals surface area contributed by atoms with E-state index in [1.165, 1.54) is 19.1 Å². The van der Waals surface area contributed by atoms with Crippen LogP contribution in [0.3, 0.4) is 0 Å². The summed E-state index contributed by atoms with van der Waals surface area (Å²) in [4.78, 5) is 39.8. The molecule has 2 aliphatic heterocycles. The molecule has 0 aliphatic carbocycles. The van der Waals surface area contributed by atoms with Crippen LogP contribution in [0.2, 0.25) is 0 Å². The van der Waals surface area contributed by atoms with Crippen LogP contribution >= 0.6 is 0 Å². The second-order valence-corrected chi connectivity index (χ2v) is 5.96. The van der Waals surface area contributed by atoms with Crippen LogP contribution in [0.25, 0.3) is 0 Å². The van der Waals surface area contributed by atoms with Crippen molar-refractivity contribution in [3.8, 4) is 0 Å². The predicted octanol–water partition coefficient (Wildman–Crippen LogP) is 0.0170. The van der Waals surface area contributed by atoms with Crippen LogP contribution in [0.15, 0.2) is 35.5 Å². The molecule has 1 aromatic carbocycles. The van der Waals surface area contributed by atoms with Crippen molar-refractivity contribution >= 4 is 29.2 Å². The van der Waals surface area contributed by atoms with Gasteiger partial charge in [0.05, 0.1) is 32.9 Å². The van der Waals surface area contributed by atoms with Crippen LogP contribution in [-0.4, -0.2) is 65.0 Å². The minimum Gasteiger partial charge on any atom is -0.466 e. The molecule has 2 heterocycles. The van der Waals surface area contributed by atoms with Gasteiger partial charge in [-0.05, 0) is 18.2 Å². The average molecular weight is 375 g/mol. The van der Waals surface area contributed by atoms with E-state index in [0.29, 0.717) is 24.5 Å². The number of nitrogens with one attached hydrogen (secondary N) is 1. The summed E-state index contributed by atoms with van der Waals surface area (Å²) < 4.78 is 15.1. The molecule has 0 saturated carbocycles. The van der Waals surface area contributed by atoms with Crippen molar-refractivity contribution in [3.05, 3.63) is 35.5 Å². The van der Waals surface area contributed by atoms with Crippen molar-refractivity contribution in [2.45, 2.75) is 0 Å². The van der Waals surface area contributed by atoms with Gasteiger partial charge in [0, 0.05) is 24.5 Å². The molecular weight excluding hydrogens is 354 g/mol. The summed E-state index contributed by atoms with van der Waals surface area (Å²) in [6.45, 7) is 1.53. The monoisotopic (exact) mass is 375 g/mol. The Morgan fingerprint density at radius 3 is 2.48 bits per heavy atom. The molecule has 1 aromatic rings. The van der Waals surface area contributed by atoms with E-state index in [9.17, 15) is 14.4 Å². The Kier molecular flexibility index (Phi) is 5.72. The number of nitrogens with zero attached hydrogens (tertiary/aromatic N) is 2. The van der Waals surface area contributed by atoms with Gasteiger partial charge in [-0.25, -0.2) is 9.59 Å². The summed E-state index contributed by atoms with van der Waals surface area (Å²) in [6.07, 6.45) is 0. The molecule has 9 nitrogen and oxygen atoms in total. The molecule has 0 unspecified atom stereocenters. The maximum Gasteiger partial charge on any atom is 0.355 e. The molecule has 0 radical (unpaired) electrons. The Morgan fingerprint density at radius 1 is 1.11 bits per heavy atom. The highest BCUT2D eigenvalue weighted by Crippen LogP contribution is 2.30. The third kappa shape index (κ3) is 3.79. The number of ether oxygens (including phenoxy) is 3. The lowest BCUT2D eigenvalue weighted by molar-refractivity contribution is -0.140. The number of benzene rings is 1. The molecule has 2 aliphatic rings. The van der Waals surface area contributed by atoms with Gasteiger partial charge in [-0.2, -0.15) is 0 Å². The summed E-state index contributed by atoms with van der Waals surface area (Å²) in [5.41, 5.74) is 1.45. The van der Waals surface area contributed by atoms with Gasteiger partial charge in [-0.1, -0.05) is 6.07 Å². The molecule has 0 bridgehead atoms. The maximum atomic E-state index is 12.4. The number of anilines is 2. The van der Waals surface area contributed by atoms with Crippen LogP contribution in [0, 0.1) is 0 Å². The fourth-order valence-electron chi connectivity index (χ4n) is 3.06. The van der Waals surface area contributed by atoms with Crippen molar-refractivity contribution in [1.82, 2.24) is 5.32 Å². The molecule has 1 fully saturated rings. The number of amides is 1. The highest BCUT2D eigenvalue weighted by atomic mass is 16.5. The maximum absolute atomic E-state index is 12.4. The Hall–Kier alpha value is -2.91. The van der Waals surface area contributed by atoms with Crippen molar-refractivity contribution in [3.63, 3.8) is 0 Å². The normalized spacial score (nSPS) is 17.8. The number of rotatable bonds is 4.